The molecule has 0 radical (unpaired) electrons. The largest absolute Gasteiger partial charge is 0.491 e. The summed E-state index contributed by atoms with van der Waals surface area (Å²) in [6.07, 6.45) is 9.73. The number of rotatable bonds is 23. The second-order valence-corrected chi connectivity index (χ2v) is 14.4. The Bertz CT molecular complexity index is 1760. The standard InChI is InChI=1S/C20H36N2O2.C15H20N2O4.C6H5N3O4.C3H6.C2H6/c1-15(2)9-5-7-11-23-19-13-18(22)20(14-17(19)21)24-12-8-6-10-16(3)4;1-3-15(19)21-9-7-17(6-8-20-11-18)13-4-5-14(16)12(2)10-13;7-5-2-1-4(8(10)11)3-6(5)9(12)13;1-3-2;1-2/h13-16H,5-12,21-22H2,1-4H3;3-5,10-11H,1,6-9,16H2,2H3;1-3H,7H2;3H,1H2,2H3;1-2H3. The Morgan fingerprint density at radius 2 is 1.22 bits per heavy atom. The van der Waals surface area contributed by atoms with Crippen molar-refractivity contribution in [3.63, 3.8) is 0 Å². The molecule has 17 heteroatoms. The van der Waals surface area contributed by atoms with Gasteiger partial charge in [-0.05, 0) is 81.2 Å². The maximum Gasteiger partial charge on any atom is 0.330 e. The SMILES string of the molecule is C=CC.C=CC(=O)OCCN(CCOC=O)c1ccc(N)c(C)c1.CC.CC(C)CCCCOc1cc(N)c(OCCCCC(C)C)cc1N.Nc1ccc([N+](=O)[O-])cc1[N+](=O)[O-]. The van der Waals surface area contributed by atoms with Crippen molar-refractivity contribution < 1.29 is 38.4 Å². The summed E-state index contributed by atoms with van der Waals surface area (Å²) < 4.78 is 21.2. The van der Waals surface area contributed by atoms with Crippen LogP contribution in [0.4, 0.5) is 39.8 Å². The maximum atomic E-state index is 11.0. The summed E-state index contributed by atoms with van der Waals surface area (Å²) in [6, 6.07) is 12.3. The van der Waals surface area contributed by atoms with E-state index in [0.717, 1.165) is 60.2 Å². The number of nitro groups is 2. The molecule has 352 valence electrons. The van der Waals surface area contributed by atoms with Gasteiger partial charge in [-0.15, -0.1) is 6.58 Å². The van der Waals surface area contributed by atoms with Crippen molar-refractivity contribution in [3.05, 3.63) is 99.6 Å². The molecule has 0 spiro atoms. The lowest BCUT2D eigenvalue weighted by atomic mass is 10.1. The van der Waals surface area contributed by atoms with Gasteiger partial charge in [-0.2, -0.15) is 0 Å². The first-order chi connectivity index (χ1) is 29.9. The first-order valence-electron chi connectivity index (χ1n) is 21.1. The summed E-state index contributed by atoms with van der Waals surface area (Å²) >= 11 is 0. The average molecular weight is 884 g/mol. The molecular formula is C46H73N7O10. The van der Waals surface area contributed by atoms with Gasteiger partial charge in [0.05, 0.1) is 53.6 Å². The number of nitrogen functional groups attached to an aromatic ring is 4. The van der Waals surface area contributed by atoms with Crippen LogP contribution in [0.5, 0.6) is 11.5 Å². The van der Waals surface area contributed by atoms with Crippen LogP contribution in [0, 0.1) is 39.0 Å². The fraction of sp³-hybridized carbons (Fsp3) is 0.478. The lowest BCUT2D eigenvalue weighted by Crippen LogP contribution is -2.31. The number of non-ortho nitro benzene ring substituents is 1. The molecule has 0 bridgehead atoms. The highest BCUT2D eigenvalue weighted by Crippen LogP contribution is 2.33. The van der Waals surface area contributed by atoms with E-state index in [-0.39, 0.29) is 24.6 Å². The van der Waals surface area contributed by atoms with Crippen molar-refractivity contribution in [3.8, 4) is 11.5 Å². The van der Waals surface area contributed by atoms with E-state index in [1.54, 1.807) is 18.2 Å². The fourth-order valence-corrected chi connectivity index (χ4v) is 5.07. The molecule has 0 aliphatic heterocycles. The van der Waals surface area contributed by atoms with Crippen LogP contribution >= 0.6 is 0 Å². The molecule has 0 amide bonds. The number of esters is 1. The summed E-state index contributed by atoms with van der Waals surface area (Å²) in [5.74, 6) is 2.33. The number of carbonyl (C=O) groups is 2. The molecule has 63 heavy (non-hydrogen) atoms. The van der Waals surface area contributed by atoms with E-state index in [2.05, 4.69) is 40.9 Å². The number of aryl methyl sites for hydroxylation is 1. The lowest BCUT2D eigenvalue weighted by Gasteiger charge is -2.24. The van der Waals surface area contributed by atoms with E-state index in [0.29, 0.717) is 61.3 Å². The van der Waals surface area contributed by atoms with Crippen molar-refractivity contribution in [1.29, 1.82) is 0 Å². The Morgan fingerprint density at radius 1 is 0.730 bits per heavy atom. The first kappa shape index (κ1) is 58.6. The number of benzene rings is 3. The van der Waals surface area contributed by atoms with Gasteiger partial charge in [-0.1, -0.05) is 67.0 Å². The highest BCUT2D eigenvalue weighted by Gasteiger charge is 2.17. The number of ether oxygens (including phenoxy) is 4. The van der Waals surface area contributed by atoms with Gasteiger partial charge in [-0.3, -0.25) is 25.0 Å². The molecule has 0 aliphatic rings. The Labute approximate surface area is 374 Å². The normalized spacial score (nSPS) is 9.81. The topological polar surface area (TPSA) is 265 Å². The van der Waals surface area contributed by atoms with Gasteiger partial charge in [0.1, 0.15) is 30.4 Å². The molecule has 3 rings (SSSR count). The van der Waals surface area contributed by atoms with Crippen LogP contribution in [0.2, 0.25) is 0 Å². The molecule has 0 aromatic heterocycles. The zero-order chi connectivity index (χ0) is 48.3. The molecule has 0 aliphatic carbocycles. The molecule has 3 aromatic rings. The number of anilines is 5. The van der Waals surface area contributed by atoms with E-state index in [9.17, 15) is 29.8 Å². The Kier molecular flexibility index (Phi) is 32.6. The number of hydrogen-bond acceptors (Lipinski definition) is 15. The molecule has 0 unspecified atom stereocenters. The minimum atomic E-state index is -0.762. The lowest BCUT2D eigenvalue weighted by molar-refractivity contribution is -0.393. The van der Waals surface area contributed by atoms with Crippen LogP contribution in [0.1, 0.15) is 92.6 Å². The van der Waals surface area contributed by atoms with E-state index in [4.69, 9.17) is 41.9 Å². The third-order valence-corrected chi connectivity index (χ3v) is 8.37. The maximum absolute atomic E-state index is 11.0. The van der Waals surface area contributed by atoms with Gasteiger partial charge < -0.3 is 46.8 Å². The van der Waals surface area contributed by atoms with Gasteiger partial charge in [0.2, 0.25) is 0 Å². The summed E-state index contributed by atoms with van der Waals surface area (Å²) in [5, 5.41) is 20.5. The van der Waals surface area contributed by atoms with Crippen LogP contribution in [-0.4, -0.2) is 61.8 Å². The Hall–Kier alpha value is -6.52. The van der Waals surface area contributed by atoms with E-state index < -0.39 is 21.5 Å². The quantitative estimate of drug-likeness (QED) is 0.0101. The average Bonchev–Trinajstić information content (AvgIpc) is 3.23. The molecule has 8 N–H and O–H groups in total. The minimum Gasteiger partial charge on any atom is -0.491 e. The van der Waals surface area contributed by atoms with E-state index >= 15 is 0 Å². The fourth-order valence-electron chi connectivity index (χ4n) is 5.07. The molecule has 3 aromatic carbocycles. The molecule has 17 nitrogen and oxygen atoms in total. The zero-order valence-corrected chi connectivity index (χ0v) is 38.6. The van der Waals surface area contributed by atoms with Gasteiger partial charge in [-0.25, -0.2) is 4.79 Å². The number of allylic oxidation sites excluding steroid dienone is 1. The van der Waals surface area contributed by atoms with E-state index in [1.165, 1.54) is 25.7 Å². The van der Waals surface area contributed by atoms with Gasteiger partial charge in [0.15, 0.2) is 0 Å². The summed E-state index contributed by atoms with van der Waals surface area (Å²) in [4.78, 5) is 42.3. The van der Waals surface area contributed by atoms with Crippen LogP contribution < -0.4 is 37.3 Å². The van der Waals surface area contributed by atoms with Crippen molar-refractivity contribution in [1.82, 2.24) is 0 Å². The predicted molar refractivity (Wildman–Crippen MR) is 256 cm³/mol. The van der Waals surface area contributed by atoms with Crippen molar-refractivity contribution in [2.75, 3.05) is 67.4 Å². The summed E-state index contributed by atoms with van der Waals surface area (Å²) in [5.41, 5.74) is 26.0. The monoisotopic (exact) mass is 884 g/mol. The van der Waals surface area contributed by atoms with Crippen molar-refractivity contribution in [2.24, 2.45) is 11.8 Å². The number of nitrogens with zero attached hydrogens (tertiary/aromatic N) is 3. The van der Waals surface area contributed by atoms with Crippen LogP contribution in [0.3, 0.4) is 0 Å². The first-order valence-corrected chi connectivity index (χ1v) is 21.1. The van der Waals surface area contributed by atoms with Crippen molar-refractivity contribution in [2.45, 2.75) is 93.9 Å². The second kappa shape index (κ2) is 35.1. The molecule has 0 fully saturated rings. The summed E-state index contributed by atoms with van der Waals surface area (Å²) in [7, 11) is 0. The van der Waals surface area contributed by atoms with Crippen LogP contribution in [0.25, 0.3) is 0 Å². The Morgan fingerprint density at radius 3 is 1.65 bits per heavy atom. The number of carbonyl (C=O) groups excluding carboxylic acids is 2. The minimum absolute atomic E-state index is 0.0874. The number of nitro benzene ring substituents is 2. The molecule has 0 saturated heterocycles. The smallest absolute Gasteiger partial charge is 0.330 e. The Balaban J connectivity index is 0. The highest BCUT2D eigenvalue weighted by atomic mass is 16.6. The molecule has 0 saturated carbocycles. The van der Waals surface area contributed by atoms with Crippen molar-refractivity contribution >= 4 is 52.3 Å². The van der Waals surface area contributed by atoms with E-state index in [1.807, 2.05) is 50.8 Å². The van der Waals surface area contributed by atoms with Gasteiger partial charge in [0, 0.05) is 35.6 Å². The highest BCUT2D eigenvalue weighted by molar-refractivity contribution is 5.81. The number of hydrogen-bond donors (Lipinski definition) is 4. The van der Waals surface area contributed by atoms with Crippen LogP contribution in [0.15, 0.2) is 73.8 Å². The summed E-state index contributed by atoms with van der Waals surface area (Å²) in [6.45, 7) is 26.6. The molecule has 0 heterocycles. The third kappa shape index (κ3) is 27.1. The molecule has 0 atom stereocenters. The zero-order valence-electron chi connectivity index (χ0n) is 38.6. The van der Waals surface area contributed by atoms with Gasteiger partial charge in [0.25, 0.3) is 17.8 Å². The number of unbranched alkanes of at least 4 members (excludes halogenated alkanes) is 2. The van der Waals surface area contributed by atoms with Crippen LogP contribution in [-0.2, 0) is 19.1 Å². The second-order valence-electron chi connectivity index (χ2n) is 14.4. The predicted octanol–water partition coefficient (Wildman–Crippen LogP) is 9.85. The third-order valence-electron chi connectivity index (χ3n) is 8.37. The number of nitrogens with two attached hydrogens (primary N) is 4. The molecular weight excluding hydrogens is 811 g/mol. The van der Waals surface area contributed by atoms with Gasteiger partial charge >= 0.3 is 5.97 Å².